The van der Waals surface area contributed by atoms with Crippen molar-refractivity contribution in [1.29, 1.82) is 0 Å². The van der Waals surface area contributed by atoms with E-state index < -0.39 is 12.0 Å². The summed E-state index contributed by atoms with van der Waals surface area (Å²) < 4.78 is 4.90. The van der Waals surface area contributed by atoms with Crippen LogP contribution in [0.2, 0.25) is 0 Å². The molecule has 0 bridgehead atoms. The smallest absolute Gasteiger partial charge is 0.330 e. The molecule has 1 aromatic carbocycles. The summed E-state index contributed by atoms with van der Waals surface area (Å²) in [6.45, 7) is 4.55. The van der Waals surface area contributed by atoms with Crippen LogP contribution >= 0.6 is 0 Å². The fraction of sp³-hybridized carbons (Fsp3) is 0.476. The van der Waals surface area contributed by atoms with Gasteiger partial charge in [0.2, 0.25) is 11.8 Å². The first-order valence-electron chi connectivity index (χ1n) is 9.46. The van der Waals surface area contributed by atoms with Gasteiger partial charge < -0.3 is 15.4 Å². The Kier molecular flexibility index (Phi) is 8.04. The highest BCUT2D eigenvalue weighted by molar-refractivity contribution is 5.83. The lowest BCUT2D eigenvalue weighted by Gasteiger charge is -2.20. The van der Waals surface area contributed by atoms with Crippen LogP contribution in [0.1, 0.15) is 32.3 Å². The molecule has 2 amide bonds. The molecule has 0 aromatic heterocycles. The van der Waals surface area contributed by atoms with Crippen molar-refractivity contribution in [2.24, 2.45) is 11.8 Å². The third kappa shape index (κ3) is 6.89. The minimum atomic E-state index is -0.454. The Balaban J connectivity index is 1.99. The maximum atomic E-state index is 12.6. The summed E-state index contributed by atoms with van der Waals surface area (Å²) in [7, 11) is 0. The number of carbonyl (C=O) groups is 3. The van der Waals surface area contributed by atoms with Gasteiger partial charge in [0.25, 0.3) is 0 Å². The van der Waals surface area contributed by atoms with Crippen LogP contribution in [0.15, 0.2) is 42.5 Å². The largest absolute Gasteiger partial charge is 0.463 e. The van der Waals surface area contributed by atoms with E-state index in [1.54, 1.807) is 13.0 Å². The first-order valence-corrected chi connectivity index (χ1v) is 9.46. The molecule has 1 heterocycles. The normalized spacial score (nSPS) is 18.7. The van der Waals surface area contributed by atoms with E-state index in [1.165, 1.54) is 6.08 Å². The zero-order valence-electron chi connectivity index (χ0n) is 15.9. The summed E-state index contributed by atoms with van der Waals surface area (Å²) in [6, 6.07) is 9.42. The van der Waals surface area contributed by atoms with Gasteiger partial charge in [-0.25, -0.2) is 4.79 Å². The average molecular weight is 372 g/mol. The molecule has 6 heteroatoms. The fourth-order valence-electron chi connectivity index (χ4n) is 3.13. The lowest BCUT2D eigenvalue weighted by molar-refractivity contribution is -0.137. The van der Waals surface area contributed by atoms with E-state index in [9.17, 15) is 14.4 Å². The van der Waals surface area contributed by atoms with E-state index in [4.69, 9.17) is 4.74 Å². The maximum absolute atomic E-state index is 12.6. The molecule has 3 unspecified atom stereocenters. The molecule has 0 aliphatic carbocycles. The quantitative estimate of drug-likeness (QED) is 0.513. The number of hydrogen-bond donors (Lipinski definition) is 2. The van der Waals surface area contributed by atoms with Crippen LogP contribution in [0, 0.1) is 11.8 Å². The molecule has 0 spiro atoms. The van der Waals surface area contributed by atoms with Gasteiger partial charge in [0, 0.05) is 30.5 Å². The molecule has 2 N–H and O–H groups in total. The Morgan fingerprint density at radius 3 is 2.70 bits per heavy atom. The number of rotatable bonds is 9. The molecular weight excluding hydrogens is 344 g/mol. The van der Waals surface area contributed by atoms with Gasteiger partial charge in [-0.05, 0) is 31.7 Å². The molecule has 1 aromatic rings. The number of esters is 1. The Morgan fingerprint density at radius 1 is 1.33 bits per heavy atom. The van der Waals surface area contributed by atoms with Crippen LogP contribution < -0.4 is 10.6 Å². The summed E-state index contributed by atoms with van der Waals surface area (Å²) in [4.78, 5) is 36.1. The van der Waals surface area contributed by atoms with Gasteiger partial charge in [-0.15, -0.1) is 0 Å². The lowest BCUT2D eigenvalue weighted by Crippen LogP contribution is -2.39. The van der Waals surface area contributed by atoms with Crippen molar-refractivity contribution >= 4 is 17.8 Å². The summed E-state index contributed by atoms with van der Waals surface area (Å²) in [5.74, 6) is -0.938. The Hall–Kier alpha value is -2.63. The number of carbonyl (C=O) groups excluding carboxylic acids is 3. The molecule has 6 nitrogen and oxygen atoms in total. The van der Waals surface area contributed by atoms with Gasteiger partial charge in [0.1, 0.15) is 0 Å². The summed E-state index contributed by atoms with van der Waals surface area (Å²) in [6.07, 6.45) is 4.77. The number of benzene rings is 1. The second kappa shape index (κ2) is 10.5. The van der Waals surface area contributed by atoms with Crippen molar-refractivity contribution in [3.05, 3.63) is 48.0 Å². The highest BCUT2D eigenvalue weighted by atomic mass is 16.5. The third-order valence-corrected chi connectivity index (χ3v) is 4.61. The topological polar surface area (TPSA) is 84.5 Å². The molecule has 1 saturated heterocycles. The van der Waals surface area contributed by atoms with Crippen molar-refractivity contribution in [2.45, 2.75) is 39.2 Å². The van der Waals surface area contributed by atoms with Gasteiger partial charge in [-0.2, -0.15) is 0 Å². The van der Waals surface area contributed by atoms with Gasteiger partial charge in [-0.3, -0.25) is 9.59 Å². The second-order valence-electron chi connectivity index (χ2n) is 6.83. The highest BCUT2D eigenvalue weighted by Gasteiger charge is 2.27. The van der Waals surface area contributed by atoms with E-state index in [0.717, 1.165) is 12.0 Å². The van der Waals surface area contributed by atoms with Crippen molar-refractivity contribution < 1.29 is 19.1 Å². The van der Waals surface area contributed by atoms with E-state index in [0.29, 0.717) is 26.0 Å². The van der Waals surface area contributed by atoms with E-state index in [1.807, 2.05) is 37.3 Å². The Morgan fingerprint density at radius 2 is 2.07 bits per heavy atom. The Bertz CT molecular complexity index is 672. The number of ether oxygens (including phenoxy) is 1. The Labute approximate surface area is 160 Å². The number of amides is 2. The maximum Gasteiger partial charge on any atom is 0.330 e. The molecule has 3 atom stereocenters. The van der Waals surface area contributed by atoms with E-state index >= 15 is 0 Å². The monoisotopic (exact) mass is 372 g/mol. The molecule has 0 saturated carbocycles. The summed E-state index contributed by atoms with van der Waals surface area (Å²) >= 11 is 0. The van der Waals surface area contributed by atoms with Crippen molar-refractivity contribution in [3.8, 4) is 0 Å². The molecular formula is C21H28N2O4. The predicted molar refractivity (Wildman–Crippen MR) is 103 cm³/mol. The minimum Gasteiger partial charge on any atom is -0.463 e. The van der Waals surface area contributed by atoms with Crippen molar-refractivity contribution in [3.63, 3.8) is 0 Å². The zero-order chi connectivity index (χ0) is 19.6. The molecule has 2 rings (SSSR count). The predicted octanol–water partition coefficient (Wildman–Crippen LogP) is 2.00. The van der Waals surface area contributed by atoms with Gasteiger partial charge in [0.15, 0.2) is 0 Å². The average Bonchev–Trinajstić information content (AvgIpc) is 3.05. The fourth-order valence-corrected chi connectivity index (χ4v) is 3.13. The SMILES string of the molecule is CCOC(=O)C=CC(CC1CCNC1=O)NC(=O)C(C)Cc1ccccc1. The first kappa shape index (κ1) is 20.7. The lowest BCUT2D eigenvalue weighted by atomic mass is 9.96. The summed E-state index contributed by atoms with van der Waals surface area (Å²) in [5.41, 5.74) is 1.09. The number of hydrogen-bond acceptors (Lipinski definition) is 4. The van der Waals surface area contributed by atoms with Gasteiger partial charge in [0.05, 0.1) is 6.61 Å². The molecule has 0 radical (unpaired) electrons. The molecule has 1 aliphatic rings. The first-order chi connectivity index (χ1) is 13.0. The van der Waals surface area contributed by atoms with Crippen LogP contribution in [0.3, 0.4) is 0 Å². The van der Waals surface area contributed by atoms with Crippen LogP contribution in [0.25, 0.3) is 0 Å². The summed E-state index contributed by atoms with van der Waals surface area (Å²) in [5, 5.41) is 5.77. The molecule has 1 aliphatic heterocycles. The van der Waals surface area contributed by atoms with E-state index in [2.05, 4.69) is 10.6 Å². The van der Waals surface area contributed by atoms with Gasteiger partial charge >= 0.3 is 5.97 Å². The minimum absolute atomic E-state index is 0.00359. The van der Waals surface area contributed by atoms with Crippen LogP contribution in [-0.4, -0.2) is 37.0 Å². The second-order valence-corrected chi connectivity index (χ2v) is 6.83. The molecule has 27 heavy (non-hydrogen) atoms. The molecule has 146 valence electrons. The standard InChI is InChI=1S/C21H28N2O4/c1-3-27-19(24)10-9-18(14-17-11-12-22-21(17)26)23-20(25)15(2)13-16-7-5-4-6-8-16/h4-10,15,17-18H,3,11-14H2,1-2H3,(H,22,26)(H,23,25). The highest BCUT2D eigenvalue weighted by Crippen LogP contribution is 2.17. The van der Waals surface area contributed by atoms with Gasteiger partial charge in [-0.1, -0.05) is 43.3 Å². The van der Waals surface area contributed by atoms with Crippen molar-refractivity contribution in [1.82, 2.24) is 10.6 Å². The third-order valence-electron chi connectivity index (χ3n) is 4.61. The van der Waals surface area contributed by atoms with E-state index in [-0.39, 0.29) is 23.7 Å². The number of nitrogens with one attached hydrogen (secondary N) is 2. The van der Waals surface area contributed by atoms with Crippen LogP contribution in [0.4, 0.5) is 0 Å². The van der Waals surface area contributed by atoms with Crippen molar-refractivity contribution in [2.75, 3.05) is 13.2 Å². The zero-order valence-corrected chi connectivity index (χ0v) is 15.9. The molecule has 1 fully saturated rings. The van der Waals surface area contributed by atoms with Crippen LogP contribution in [0.5, 0.6) is 0 Å². The van der Waals surface area contributed by atoms with Crippen LogP contribution in [-0.2, 0) is 25.5 Å².